The lowest BCUT2D eigenvalue weighted by Gasteiger charge is -2.29. The summed E-state index contributed by atoms with van der Waals surface area (Å²) in [5, 5.41) is 9.38. The number of anilines is 1. The fraction of sp³-hybridized carbons (Fsp3) is 0.444. The Balaban J connectivity index is 1.80. The van der Waals surface area contributed by atoms with E-state index in [2.05, 4.69) is 29.9 Å². The van der Waals surface area contributed by atoms with E-state index in [1.165, 1.54) is 4.90 Å². The van der Waals surface area contributed by atoms with Gasteiger partial charge in [-0.3, -0.25) is 0 Å². The van der Waals surface area contributed by atoms with Crippen molar-refractivity contribution >= 4 is 5.88 Å². The molecule has 3 rings (SSSR count). The number of rotatable bonds is 5. The second-order valence-electron chi connectivity index (χ2n) is 6.10. The highest BCUT2D eigenvalue weighted by atomic mass is 16.5. The van der Waals surface area contributed by atoms with Crippen LogP contribution in [0, 0.1) is 11.3 Å². The summed E-state index contributed by atoms with van der Waals surface area (Å²) in [4.78, 5) is 7.97. The number of nitriles is 1. The number of hydrogen-bond donors (Lipinski definition) is 1. The van der Waals surface area contributed by atoms with Crippen LogP contribution in [0.2, 0.25) is 0 Å². The van der Waals surface area contributed by atoms with Gasteiger partial charge in [-0.05, 0) is 30.7 Å². The number of nitrogens with zero attached hydrogens (tertiary/aromatic N) is 3. The average molecular weight is 327 g/mol. The first kappa shape index (κ1) is 16.3. The molecule has 1 aromatic heterocycles. The number of oxazole rings is 1. The summed E-state index contributed by atoms with van der Waals surface area (Å²) in [5.41, 5.74) is 1.21. The zero-order valence-electron chi connectivity index (χ0n) is 14.2. The normalized spacial score (nSPS) is 15.3. The van der Waals surface area contributed by atoms with Crippen LogP contribution in [0.15, 0.2) is 28.7 Å². The van der Waals surface area contributed by atoms with E-state index in [4.69, 9.17) is 9.15 Å². The number of quaternary nitrogens is 1. The minimum atomic E-state index is 0.357. The standard InChI is InChI=1S/C18H22N4O2/c1-3-12-23-15-6-4-14(5-7-15)17-20-16(13-19)18(24-17)22-10-8-21(2)9-11-22/h4-7H,3,8-12H2,1-2H3/p+1. The van der Waals surface area contributed by atoms with E-state index in [0.29, 0.717) is 24.1 Å². The Morgan fingerprint density at radius 1 is 1.29 bits per heavy atom. The third-order valence-electron chi connectivity index (χ3n) is 4.19. The molecular weight excluding hydrogens is 304 g/mol. The maximum absolute atomic E-state index is 9.38. The third-order valence-corrected chi connectivity index (χ3v) is 4.19. The van der Waals surface area contributed by atoms with Crippen molar-refractivity contribution in [1.29, 1.82) is 5.26 Å². The predicted octanol–water partition coefficient (Wildman–Crippen LogP) is 1.34. The average Bonchev–Trinajstić information content (AvgIpc) is 3.05. The molecule has 1 aliphatic heterocycles. The Kier molecular flexibility index (Phi) is 5.02. The number of nitrogens with one attached hydrogen (secondary N) is 1. The Morgan fingerprint density at radius 2 is 2.00 bits per heavy atom. The van der Waals surface area contributed by atoms with Crippen LogP contribution in [-0.2, 0) is 0 Å². The summed E-state index contributed by atoms with van der Waals surface area (Å²) in [6.07, 6.45) is 0.975. The fourth-order valence-corrected chi connectivity index (χ4v) is 2.73. The lowest BCUT2D eigenvalue weighted by Crippen LogP contribution is -3.12. The van der Waals surface area contributed by atoms with E-state index in [1.54, 1.807) is 0 Å². The summed E-state index contributed by atoms with van der Waals surface area (Å²) in [6, 6.07) is 9.79. The third kappa shape index (κ3) is 3.52. The molecule has 0 atom stereocenters. The molecular formula is C18H23N4O2+. The van der Waals surface area contributed by atoms with Gasteiger partial charge in [-0.2, -0.15) is 10.2 Å². The molecule has 126 valence electrons. The molecule has 0 spiro atoms. The number of hydrogen-bond acceptors (Lipinski definition) is 5. The summed E-state index contributed by atoms with van der Waals surface area (Å²) >= 11 is 0. The number of benzene rings is 1. The molecule has 0 saturated carbocycles. The number of likely N-dealkylation sites (N-methyl/N-ethyl adjacent to an activating group) is 1. The molecule has 0 unspecified atom stereocenters. The molecule has 0 amide bonds. The van der Waals surface area contributed by atoms with Gasteiger partial charge >= 0.3 is 0 Å². The molecule has 1 aromatic carbocycles. The van der Waals surface area contributed by atoms with Crippen molar-refractivity contribution in [2.45, 2.75) is 13.3 Å². The lowest BCUT2D eigenvalue weighted by atomic mass is 10.2. The van der Waals surface area contributed by atoms with Crippen molar-refractivity contribution < 1.29 is 14.1 Å². The molecule has 0 radical (unpaired) electrons. The Labute approximate surface area is 142 Å². The summed E-state index contributed by atoms with van der Waals surface area (Å²) in [6.45, 7) is 6.59. The van der Waals surface area contributed by atoms with Crippen LogP contribution in [0.25, 0.3) is 11.5 Å². The Morgan fingerprint density at radius 3 is 2.62 bits per heavy atom. The fourth-order valence-electron chi connectivity index (χ4n) is 2.73. The quantitative estimate of drug-likeness (QED) is 0.897. The minimum absolute atomic E-state index is 0.357. The van der Waals surface area contributed by atoms with Gasteiger partial charge in [0.05, 0.1) is 39.8 Å². The van der Waals surface area contributed by atoms with Crippen LogP contribution >= 0.6 is 0 Å². The molecule has 1 saturated heterocycles. The number of aromatic nitrogens is 1. The zero-order valence-corrected chi connectivity index (χ0v) is 14.2. The van der Waals surface area contributed by atoms with Crippen molar-refractivity contribution in [3.8, 4) is 23.3 Å². The van der Waals surface area contributed by atoms with Crippen molar-refractivity contribution in [1.82, 2.24) is 4.98 Å². The van der Waals surface area contributed by atoms with Gasteiger partial charge in [0.25, 0.3) is 0 Å². The molecule has 24 heavy (non-hydrogen) atoms. The maximum Gasteiger partial charge on any atom is 0.235 e. The van der Waals surface area contributed by atoms with E-state index >= 15 is 0 Å². The molecule has 0 bridgehead atoms. The monoisotopic (exact) mass is 327 g/mol. The van der Waals surface area contributed by atoms with Gasteiger partial charge in [0.15, 0.2) is 0 Å². The molecule has 6 nitrogen and oxygen atoms in total. The van der Waals surface area contributed by atoms with Crippen molar-refractivity contribution in [2.75, 3.05) is 44.7 Å². The van der Waals surface area contributed by atoms with E-state index in [1.807, 2.05) is 24.3 Å². The molecule has 2 heterocycles. The largest absolute Gasteiger partial charge is 0.494 e. The van der Waals surface area contributed by atoms with Crippen LogP contribution in [0.1, 0.15) is 19.0 Å². The highest BCUT2D eigenvalue weighted by Gasteiger charge is 2.24. The van der Waals surface area contributed by atoms with Gasteiger partial charge in [-0.1, -0.05) is 6.92 Å². The first-order valence-electron chi connectivity index (χ1n) is 8.41. The van der Waals surface area contributed by atoms with Gasteiger partial charge in [-0.25, -0.2) is 0 Å². The van der Waals surface area contributed by atoms with Gasteiger partial charge < -0.3 is 19.0 Å². The van der Waals surface area contributed by atoms with Crippen molar-refractivity contribution in [3.63, 3.8) is 0 Å². The second kappa shape index (κ2) is 7.37. The second-order valence-corrected chi connectivity index (χ2v) is 6.10. The summed E-state index contributed by atoms with van der Waals surface area (Å²) in [5.74, 6) is 1.90. The SMILES string of the molecule is CCCOc1ccc(-c2nc(C#N)c(N3CC[NH+](C)CC3)o2)cc1. The van der Waals surface area contributed by atoms with E-state index in [-0.39, 0.29) is 0 Å². The molecule has 6 heteroatoms. The molecule has 1 N–H and O–H groups in total. The number of ether oxygens (including phenoxy) is 1. The molecule has 1 aliphatic rings. The van der Waals surface area contributed by atoms with Gasteiger partial charge in [0, 0.05) is 5.56 Å². The van der Waals surface area contributed by atoms with E-state index < -0.39 is 0 Å². The first-order chi connectivity index (χ1) is 11.7. The molecule has 1 fully saturated rings. The summed E-state index contributed by atoms with van der Waals surface area (Å²) in [7, 11) is 2.18. The lowest BCUT2D eigenvalue weighted by molar-refractivity contribution is -0.880. The van der Waals surface area contributed by atoms with Crippen LogP contribution in [0.3, 0.4) is 0 Å². The smallest absolute Gasteiger partial charge is 0.235 e. The highest BCUT2D eigenvalue weighted by Crippen LogP contribution is 2.29. The Bertz CT molecular complexity index is 710. The molecule has 2 aromatic rings. The van der Waals surface area contributed by atoms with Gasteiger partial charge in [0.2, 0.25) is 17.5 Å². The first-order valence-corrected chi connectivity index (χ1v) is 8.41. The van der Waals surface area contributed by atoms with Crippen LogP contribution < -0.4 is 14.5 Å². The van der Waals surface area contributed by atoms with E-state index in [9.17, 15) is 5.26 Å². The maximum atomic E-state index is 9.38. The van der Waals surface area contributed by atoms with Gasteiger partial charge in [0.1, 0.15) is 11.8 Å². The Hall–Kier alpha value is -2.52. The molecule has 0 aliphatic carbocycles. The topological polar surface area (TPSA) is 66.7 Å². The van der Waals surface area contributed by atoms with Crippen LogP contribution in [-0.4, -0.2) is 44.8 Å². The zero-order chi connectivity index (χ0) is 16.9. The van der Waals surface area contributed by atoms with E-state index in [0.717, 1.165) is 43.9 Å². The van der Waals surface area contributed by atoms with Crippen molar-refractivity contribution in [2.24, 2.45) is 0 Å². The van der Waals surface area contributed by atoms with Crippen molar-refractivity contribution in [3.05, 3.63) is 30.0 Å². The number of piperazine rings is 1. The summed E-state index contributed by atoms with van der Waals surface area (Å²) < 4.78 is 11.5. The predicted molar refractivity (Wildman–Crippen MR) is 91.3 cm³/mol. The van der Waals surface area contributed by atoms with Gasteiger partial charge in [-0.15, -0.1) is 0 Å². The van der Waals surface area contributed by atoms with Crippen LogP contribution in [0.5, 0.6) is 5.75 Å². The highest BCUT2D eigenvalue weighted by molar-refractivity contribution is 5.60. The minimum Gasteiger partial charge on any atom is -0.494 e. The van der Waals surface area contributed by atoms with Crippen LogP contribution in [0.4, 0.5) is 5.88 Å².